The molecule has 2 aromatic rings. The van der Waals surface area contributed by atoms with E-state index in [1.165, 1.54) is 10.5 Å². The van der Waals surface area contributed by atoms with E-state index in [2.05, 4.69) is 29.4 Å². The van der Waals surface area contributed by atoms with Gasteiger partial charge in [0.25, 0.3) is 5.91 Å². The first-order valence-electron chi connectivity index (χ1n) is 10.7. The van der Waals surface area contributed by atoms with Crippen LogP contribution in [0.5, 0.6) is 0 Å². The first-order valence-corrected chi connectivity index (χ1v) is 10.7. The molecule has 1 aromatic heterocycles. The quantitative estimate of drug-likeness (QED) is 0.759. The van der Waals surface area contributed by atoms with Crippen LogP contribution in [-0.4, -0.2) is 68.2 Å². The molecule has 0 bridgehead atoms. The van der Waals surface area contributed by atoms with Crippen molar-refractivity contribution in [2.45, 2.75) is 53.4 Å². The van der Waals surface area contributed by atoms with Crippen molar-refractivity contribution in [2.24, 2.45) is 10.9 Å². The van der Waals surface area contributed by atoms with Gasteiger partial charge in [-0.05, 0) is 38.3 Å². The standard InChI is InChI=1S/C23H30N6O2/c1-14(2)12-28-21(30)19-20(26(6)23(28)31)24-22(29-17(5)11-16(4)25-29)27(19)13-18-9-7-15(3)8-10-18/h7-11,14,19-20H,12-13H2,1-6H3. The van der Waals surface area contributed by atoms with Gasteiger partial charge in [-0.2, -0.15) is 5.10 Å². The van der Waals surface area contributed by atoms with E-state index >= 15 is 0 Å². The summed E-state index contributed by atoms with van der Waals surface area (Å²) in [6, 6.07) is 9.36. The van der Waals surface area contributed by atoms with Crippen LogP contribution in [0.15, 0.2) is 35.3 Å². The van der Waals surface area contributed by atoms with Crippen molar-refractivity contribution in [1.82, 2.24) is 24.5 Å². The number of likely N-dealkylation sites (N-methyl/N-ethyl adjacent to an activating group) is 1. The molecule has 8 heteroatoms. The molecule has 2 atom stereocenters. The molecule has 2 aliphatic heterocycles. The topological polar surface area (TPSA) is 74.0 Å². The lowest BCUT2D eigenvalue weighted by molar-refractivity contribution is -0.138. The fraction of sp³-hybridized carbons (Fsp3) is 0.478. The zero-order valence-corrected chi connectivity index (χ0v) is 19.0. The minimum absolute atomic E-state index is 0.182. The third-order valence-electron chi connectivity index (χ3n) is 5.79. The van der Waals surface area contributed by atoms with Gasteiger partial charge in [0.05, 0.1) is 5.69 Å². The molecule has 1 saturated heterocycles. The maximum absolute atomic E-state index is 13.6. The van der Waals surface area contributed by atoms with E-state index in [-0.39, 0.29) is 17.9 Å². The third kappa shape index (κ3) is 3.71. The molecule has 8 nitrogen and oxygen atoms in total. The Kier molecular flexibility index (Phi) is 5.33. The normalized spacial score (nSPS) is 21.3. The summed E-state index contributed by atoms with van der Waals surface area (Å²) in [4.78, 5) is 36.3. The molecule has 0 aliphatic carbocycles. The fourth-order valence-corrected chi connectivity index (χ4v) is 4.27. The second-order valence-corrected chi connectivity index (χ2v) is 8.98. The number of fused-ring (bicyclic) bond motifs is 1. The van der Waals surface area contributed by atoms with Crippen molar-refractivity contribution in [2.75, 3.05) is 13.6 Å². The second kappa shape index (κ2) is 7.83. The molecule has 164 valence electrons. The number of benzene rings is 1. The van der Waals surface area contributed by atoms with Crippen LogP contribution in [0.2, 0.25) is 0 Å². The van der Waals surface area contributed by atoms with Crippen LogP contribution < -0.4 is 0 Å². The number of nitrogens with zero attached hydrogens (tertiary/aromatic N) is 6. The summed E-state index contributed by atoms with van der Waals surface area (Å²) < 4.78 is 1.78. The fourth-order valence-electron chi connectivity index (χ4n) is 4.27. The summed E-state index contributed by atoms with van der Waals surface area (Å²) in [5.41, 5.74) is 4.06. The van der Waals surface area contributed by atoms with Crippen LogP contribution in [0.1, 0.15) is 36.4 Å². The monoisotopic (exact) mass is 422 g/mol. The van der Waals surface area contributed by atoms with E-state index in [1.807, 2.05) is 45.6 Å². The number of urea groups is 1. The highest BCUT2D eigenvalue weighted by Crippen LogP contribution is 2.30. The van der Waals surface area contributed by atoms with Crippen molar-refractivity contribution >= 4 is 17.9 Å². The molecule has 0 saturated carbocycles. The van der Waals surface area contributed by atoms with E-state index in [1.54, 1.807) is 16.6 Å². The van der Waals surface area contributed by atoms with Crippen molar-refractivity contribution in [3.8, 4) is 0 Å². The average Bonchev–Trinajstić information content (AvgIpc) is 3.24. The first-order chi connectivity index (χ1) is 14.7. The summed E-state index contributed by atoms with van der Waals surface area (Å²) in [6.07, 6.45) is -0.576. The molecule has 31 heavy (non-hydrogen) atoms. The summed E-state index contributed by atoms with van der Waals surface area (Å²) in [6.45, 7) is 10.8. The van der Waals surface area contributed by atoms with Crippen LogP contribution >= 0.6 is 0 Å². The van der Waals surface area contributed by atoms with Gasteiger partial charge in [0.1, 0.15) is 0 Å². The third-order valence-corrected chi connectivity index (χ3v) is 5.79. The van der Waals surface area contributed by atoms with E-state index in [0.29, 0.717) is 19.0 Å². The number of amides is 3. The molecule has 2 unspecified atom stereocenters. The second-order valence-electron chi connectivity index (χ2n) is 8.98. The number of aromatic nitrogens is 2. The Labute approximate surface area is 183 Å². The molecular formula is C23H30N6O2. The average molecular weight is 423 g/mol. The van der Waals surface area contributed by atoms with Crippen molar-refractivity contribution in [3.63, 3.8) is 0 Å². The molecule has 3 amide bonds. The van der Waals surface area contributed by atoms with Crippen LogP contribution in [-0.2, 0) is 11.3 Å². The van der Waals surface area contributed by atoms with Gasteiger partial charge in [-0.1, -0.05) is 43.7 Å². The van der Waals surface area contributed by atoms with Gasteiger partial charge in [-0.15, -0.1) is 0 Å². The zero-order chi connectivity index (χ0) is 22.4. The molecule has 3 heterocycles. The highest BCUT2D eigenvalue weighted by Gasteiger charge is 2.52. The molecule has 1 aromatic carbocycles. The lowest BCUT2D eigenvalue weighted by Gasteiger charge is -2.41. The summed E-state index contributed by atoms with van der Waals surface area (Å²) in [7, 11) is 1.72. The van der Waals surface area contributed by atoms with Gasteiger partial charge >= 0.3 is 6.03 Å². The van der Waals surface area contributed by atoms with Crippen molar-refractivity contribution in [3.05, 3.63) is 52.8 Å². The molecule has 2 aliphatic rings. The number of aliphatic imine (C=N–C) groups is 1. The van der Waals surface area contributed by atoms with E-state index in [9.17, 15) is 9.59 Å². The number of carbonyl (C=O) groups excluding carboxylic acids is 2. The van der Waals surface area contributed by atoms with Crippen LogP contribution in [0.4, 0.5) is 4.79 Å². The highest BCUT2D eigenvalue weighted by molar-refractivity contribution is 6.04. The minimum Gasteiger partial charge on any atom is -0.321 e. The molecule has 4 rings (SSSR count). The summed E-state index contributed by atoms with van der Waals surface area (Å²) in [5, 5.41) is 4.61. The van der Waals surface area contributed by atoms with Gasteiger partial charge in [0.2, 0.25) is 5.96 Å². The number of aryl methyl sites for hydroxylation is 3. The lowest BCUT2D eigenvalue weighted by atomic mass is 10.1. The van der Waals surface area contributed by atoms with E-state index in [4.69, 9.17) is 4.99 Å². The van der Waals surface area contributed by atoms with Gasteiger partial charge in [-0.25, -0.2) is 14.5 Å². The Morgan fingerprint density at radius 1 is 1.06 bits per heavy atom. The van der Waals surface area contributed by atoms with Crippen molar-refractivity contribution < 1.29 is 9.59 Å². The van der Waals surface area contributed by atoms with Crippen molar-refractivity contribution in [1.29, 1.82) is 0 Å². The Morgan fingerprint density at radius 2 is 1.74 bits per heavy atom. The Hall–Kier alpha value is -3.16. The van der Waals surface area contributed by atoms with Gasteiger partial charge < -0.3 is 9.80 Å². The highest BCUT2D eigenvalue weighted by atomic mass is 16.2. The minimum atomic E-state index is -0.582. The molecular weight excluding hydrogens is 392 g/mol. The smallest absolute Gasteiger partial charge is 0.321 e. The molecule has 0 N–H and O–H groups in total. The number of hydrogen-bond acceptors (Lipinski definition) is 5. The van der Waals surface area contributed by atoms with Crippen LogP contribution in [0, 0.1) is 26.7 Å². The number of hydrogen-bond donors (Lipinski definition) is 0. The lowest BCUT2D eigenvalue weighted by Crippen LogP contribution is -2.65. The zero-order valence-electron chi connectivity index (χ0n) is 19.0. The molecule has 1 fully saturated rings. The molecule has 0 radical (unpaired) electrons. The van der Waals surface area contributed by atoms with Gasteiger partial charge in [0, 0.05) is 25.8 Å². The van der Waals surface area contributed by atoms with Crippen LogP contribution in [0.25, 0.3) is 0 Å². The Balaban J connectivity index is 1.77. The van der Waals surface area contributed by atoms with Crippen LogP contribution in [0.3, 0.4) is 0 Å². The predicted molar refractivity (Wildman–Crippen MR) is 119 cm³/mol. The number of carbonyl (C=O) groups is 2. The first kappa shape index (κ1) is 21.1. The number of rotatable bonds is 4. The Morgan fingerprint density at radius 3 is 2.32 bits per heavy atom. The maximum Gasteiger partial charge on any atom is 0.328 e. The van der Waals surface area contributed by atoms with Gasteiger partial charge in [0.15, 0.2) is 12.2 Å². The molecule has 0 spiro atoms. The van der Waals surface area contributed by atoms with E-state index < -0.39 is 12.2 Å². The van der Waals surface area contributed by atoms with E-state index in [0.717, 1.165) is 17.0 Å². The maximum atomic E-state index is 13.6. The number of imide groups is 1. The van der Waals surface area contributed by atoms with Gasteiger partial charge in [-0.3, -0.25) is 9.69 Å². The SMILES string of the molecule is Cc1ccc(CN2C(n3nc(C)cc3C)=NC3C2C(=O)N(CC(C)C)C(=O)N3C)cc1. The predicted octanol–water partition coefficient (Wildman–Crippen LogP) is 2.77. The summed E-state index contributed by atoms with van der Waals surface area (Å²) in [5.74, 6) is 0.580. The Bertz CT molecular complexity index is 1040. The largest absolute Gasteiger partial charge is 0.328 e. The summed E-state index contributed by atoms with van der Waals surface area (Å²) >= 11 is 0.